The summed E-state index contributed by atoms with van der Waals surface area (Å²) < 4.78 is 9.49. The van der Waals surface area contributed by atoms with Gasteiger partial charge in [-0.3, -0.25) is 4.79 Å². The molecule has 5 nitrogen and oxygen atoms in total. The maximum atomic E-state index is 11.4. The minimum absolute atomic E-state index is 0. The Balaban J connectivity index is 0.000000342. The zero-order valence-corrected chi connectivity index (χ0v) is 20.2. The van der Waals surface area contributed by atoms with Gasteiger partial charge in [-0.1, -0.05) is 36.4 Å². The third-order valence-electron chi connectivity index (χ3n) is 4.61. The van der Waals surface area contributed by atoms with Crippen molar-refractivity contribution < 1.29 is 36.4 Å². The molecule has 1 aliphatic carbocycles. The number of hydrogen-bond acceptors (Lipinski definition) is 5. The molecule has 0 amide bonds. The molecule has 0 aliphatic heterocycles. The third-order valence-corrected chi connectivity index (χ3v) is 4.61. The van der Waals surface area contributed by atoms with Crippen molar-refractivity contribution in [2.24, 2.45) is 0 Å². The Bertz CT molecular complexity index is 997. The maximum absolute atomic E-state index is 11.4. The van der Waals surface area contributed by atoms with Gasteiger partial charge in [-0.25, -0.2) is 12.1 Å². The number of carbonyl (C=O) groups excluding carboxylic acids is 1. The minimum Gasteiger partial charge on any atom is -0.616 e. The van der Waals surface area contributed by atoms with E-state index in [1.807, 2.05) is 43.3 Å². The summed E-state index contributed by atoms with van der Waals surface area (Å²) in [5.41, 5.74) is 3.66. The van der Waals surface area contributed by atoms with Gasteiger partial charge in [0.15, 0.2) is 0 Å². The van der Waals surface area contributed by atoms with Crippen LogP contribution in [0.3, 0.4) is 0 Å². The molecule has 6 heteroatoms. The molecule has 172 valence electrons. The van der Waals surface area contributed by atoms with Crippen molar-refractivity contribution in [2.45, 2.75) is 19.8 Å². The Hall–Kier alpha value is -2.66. The molecule has 0 unspecified atom stereocenters. The topological polar surface area (TPSA) is 61.8 Å². The number of likely N-dealkylation sites (N-methyl/N-ethyl adjacent to an activating group) is 1. The van der Waals surface area contributed by atoms with E-state index in [2.05, 4.69) is 42.0 Å². The third kappa shape index (κ3) is 9.23. The van der Waals surface area contributed by atoms with E-state index in [0.717, 1.165) is 18.2 Å². The monoisotopic (exact) mass is 477 g/mol. The second-order valence-electron chi connectivity index (χ2n) is 7.41. The number of methoxy groups -OCH3 is 1. The van der Waals surface area contributed by atoms with E-state index in [-0.39, 0.29) is 29.0 Å². The molecule has 0 saturated carbocycles. The second-order valence-corrected chi connectivity index (χ2v) is 7.41. The summed E-state index contributed by atoms with van der Waals surface area (Å²) in [6.45, 7) is 3.22. The van der Waals surface area contributed by atoms with Gasteiger partial charge in [0, 0.05) is 13.0 Å². The van der Waals surface area contributed by atoms with Crippen LogP contribution in [0.2, 0.25) is 0 Å². The van der Waals surface area contributed by atoms with E-state index in [1.165, 1.54) is 23.8 Å². The zero-order valence-electron chi connectivity index (χ0n) is 19.1. The molecule has 0 fully saturated rings. The summed E-state index contributed by atoms with van der Waals surface area (Å²) >= 11 is 0. The average molecular weight is 477 g/mol. The molecule has 0 saturated heterocycles. The minimum atomic E-state index is -0.303. The van der Waals surface area contributed by atoms with Crippen LogP contribution in [0.4, 0.5) is 0 Å². The number of carbonyl (C=O) groups is 1. The van der Waals surface area contributed by atoms with Crippen molar-refractivity contribution in [3.05, 3.63) is 88.3 Å². The first kappa shape index (κ1) is 27.4. The van der Waals surface area contributed by atoms with Crippen molar-refractivity contribution in [1.82, 2.24) is 4.90 Å². The van der Waals surface area contributed by atoms with E-state index in [9.17, 15) is 9.90 Å². The van der Waals surface area contributed by atoms with Crippen molar-refractivity contribution in [3.63, 3.8) is 0 Å². The van der Waals surface area contributed by atoms with Crippen molar-refractivity contribution in [1.29, 1.82) is 0 Å². The number of esters is 1. The van der Waals surface area contributed by atoms with Gasteiger partial charge in [-0.15, -0.1) is 0 Å². The summed E-state index contributed by atoms with van der Waals surface area (Å²) in [7, 11) is 5.50. The Morgan fingerprint density at radius 2 is 1.84 bits per heavy atom. The number of aryl methyl sites for hydroxylation is 1. The molecular formula is C26H31FeNO4. The molecule has 2 aromatic rings. The Labute approximate surface area is 201 Å². The smallest absolute Gasteiger partial charge is 0.616 e. The first-order valence-electron chi connectivity index (χ1n) is 10.4. The molecule has 0 atom stereocenters. The summed E-state index contributed by atoms with van der Waals surface area (Å²) in [5, 5.41) is 13.0. The van der Waals surface area contributed by atoms with Crippen LogP contribution in [0.1, 0.15) is 18.9 Å². The van der Waals surface area contributed by atoms with Gasteiger partial charge in [0.2, 0.25) is 0 Å². The first-order valence-corrected chi connectivity index (χ1v) is 10.4. The summed E-state index contributed by atoms with van der Waals surface area (Å²) in [5.74, 6) is -0.416. The number of ether oxygens (including phenoxy) is 2. The van der Waals surface area contributed by atoms with Crippen molar-refractivity contribution in [3.8, 4) is 0 Å². The molecule has 2 aromatic carbocycles. The zero-order chi connectivity index (χ0) is 22.6. The van der Waals surface area contributed by atoms with Gasteiger partial charge < -0.3 is 19.5 Å². The Kier molecular flexibility index (Phi) is 12.3. The van der Waals surface area contributed by atoms with Gasteiger partial charge in [0.1, 0.15) is 0 Å². The number of benzene rings is 1. The molecule has 0 spiro atoms. The Morgan fingerprint density at radius 1 is 1.12 bits per heavy atom. The molecular weight excluding hydrogens is 446 g/mol. The second kappa shape index (κ2) is 14.4. The molecule has 1 aliphatic rings. The van der Waals surface area contributed by atoms with Gasteiger partial charge in [-0.2, -0.15) is 17.7 Å². The van der Waals surface area contributed by atoms with Gasteiger partial charge in [-0.05, 0) is 62.2 Å². The quantitative estimate of drug-likeness (QED) is 0.346. The van der Waals surface area contributed by atoms with Gasteiger partial charge in [0.25, 0.3) is 0 Å². The molecule has 0 bridgehead atoms. The maximum Gasteiger partial charge on any atom is 2.00 e. The number of nitrogens with zero attached hydrogens (tertiary/aromatic N) is 1. The first-order chi connectivity index (χ1) is 14.9. The molecule has 32 heavy (non-hydrogen) atoms. The fourth-order valence-electron chi connectivity index (χ4n) is 3.11. The normalized spacial score (nSPS) is 11.9. The van der Waals surface area contributed by atoms with Crippen LogP contribution in [0.25, 0.3) is 11.5 Å². The van der Waals surface area contributed by atoms with Crippen LogP contribution in [-0.4, -0.2) is 45.2 Å². The van der Waals surface area contributed by atoms with Crippen LogP contribution in [0, 0.1) is 0 Å². The molecule has 0 heterocycles. The van der Waals surface area contributed by atoms with Crippen LogP contribution in [0.5, 0.6) is 0 Å². The van der Waals surface area contributed by atoms with Crippen molar-refractivity contribution >= 4 is 17.5 Å². The Morgan fingerprint density at radius 3 is 2.41 bits per heavy atom. The largest absolute Gasteiger partial charge is 2.00 e. The van der Waals surface area contributed by atoms with Crippen LogP contribution in [0.15, 0.2) is 72.3 Å². The van der Waals surface area contributed by atoms with Crippen LogP contribution >= 0.6 is 0 Å². The standard InChI is InChI=1S/C16H19NO2.C10H13O2.Fe/c1-17(2)11-12-4-5-15(10-12)13-6-8-14(9-7-13)16(18)19-3;1-2-12-10(11)8-7-9-5-3-4-6-9;/h4-10,18H,11H2,1-3H3;3-6H,2,7-8H2,1H3;/q;-1;+2/p-1. The number of allylic oxidation sites excluding steroid dienone is 2. The molecule has 0 aromatic heterocycles. The summed E-state index contributed by atoms with van der Waals surface area (Å²) in [4.78, 5) is 13.1. The average Bonchev–Trinajstić information content (AvgIpc) is 3.44. The van der Waals surface area contributed by atoms with Gasteiger partial charge >= 0.3 is 23.0 Å². The SMILES string of the molecule is CCOC(=O)CCc1ccc[cH-]1.COC([O-])=c1ccc(=C2C=CC(CN(C)C)=C2)cc1.[Fe+2]. The van der Waals surface area contributed by atoms with Crippen LogP contribution in [-0.2, 0) is 37.8 Å². The predicted octanol–water partition coefficient (Wildman–Crippen LogP) is 1.87. The fourth-order valence-corrected chi connectivity index (χ4v) is 3.11. The van der Waals surface area contributed by atoms with Crippen LogP contribution < -0.4 is 15.5 Å². The van der Waals surface area contributed by atoms with E-state index >= 15 is 0 Å². The number of hydrogen-bond donors (Lipinski definition) is 0. The number of rotatable bonds is 7. The molecule has 0 radical (unpaired) electrons. The van der Waals surface area contributed by atoms with E-state index in [0.29, 0.717) is 18.2 Å². The molecule has 0 N–H and O–H groups in total. The predicted molar refractivity (Wildman–Crippen MR) is 122 cm³/mol. The fraction of sp³-hybridized carbons (Fsp3) is 0.308. The van der Waals surface area contributed by atoms with Crippen molar-refractivity contribution in [2.75, 3.05) is 34.4 Å². The van der Waals surface area contributed by atoms with Gasteiger partial charge in [0.05, 0.1) is 12.6 Å². The summed E-state index contributed by atoms with van der Waals surface area (Å²) in [6, 6.07) is 15.4. The molecule has 3 rings (SSSR count). The van der Waals surface area contributed by atoms with E-state index in [1.54, 1.807) is 12.1 Å². The summed E-state index contributed by atoms with van der Waals surface area (Å²) in [6.07, 6.45) is 7.67. The van der Waals surface area contributed by atoms with E-state index < -0.39 is 0 Å². The van der Waals surface area contributed by atoms with E-state index in [4.69, 9.17) is 4.74 Å².